The Kier molecular flexibility index (Phi) is 13.1. The molecular weight excluding hydrogens is 622 g/mol. The number of aromatic hydroxyl groups is 2. The first-order valence-corrected chi connectivity index (χ1v) is 19.0. The van der Waals surface area contributed by atoms with Gasteiger partial charge in [0.25, 0.3) is 0 Å². The number of carbonyl (C=O) groups excluding carboxylic acids is 2. The monoisotopic (exact) mass is 692 g/mol. The summed E-state index contributed by atoms with van der Waals surface area (Å²) in [6, 6.07) is 8.26. The number of esters is 1. The second kappa shape index (κ2) is 15.8. The van der Waals surface area contributed by atoms with Crippen LogP contribution >= 0.6 is 0 Å². The number of Topliss-reactive ketones (excluding diaryl/α,β-unsaturated/α-hetero) is 1. The van der Waals surface area contributed by atoms with Crippen molar-refractivity contribution < 1.29 is 24.5 Å². The molecule has 0 amide bonds. The van der Waals surface area contributed by atoms with E-state index in [1.807, 2.05) is 6.07 Å². The highest BCUT2D eigenvalue weighted by molar-refractivity contribution is 5.81. The van der Waals surface area contributed by atoms with Crippen LogP contribution in [0.25, 0.3) is 0 Å². The molecule has 1 fully saturated rings. The number of nitrogens with zero attached hydrogens (tertiary/aromatic N) is 1. The number of phenolic OH excluding ortho intramolecular Hbond substituents is 2. The molecule has 1 saturated heterocycles. The summed E-state index contributed by atoms with van der Waals surface area (Å²) < 4.78 is 6.13. The van der Waals surface area contributed by atoms with Crippen LogP contribution in [-0.4, -0.2) is 50.6 Å². The van der Waals surface area contributed by atoms with Gasteiger partial charge in [-0.2, -0.15) is 0 Å². The molecule has 1 heterocycles. The Morgan fingerprint density at radius 3 is 1.52 bits per heavy atom. The molecule has 6 nitrogen and oxygen atoms in total. The number of ether oxygens (including phenoxy) is 1. The average molecular weight is 692 g/mol. The van der Waals surface area contributed by atoms with Crippen LogP contribution in [0.15, 0.2) is 24.3 Å². The van der Waals surface area contributed by atoms with Gasteiger partial charge in [0.1, 0.15) is 23.4 Å². The van der Waals surface area contributed by atoms with E-state index >= 15 is 0 Å². The van der Waals surface area contributed by atoms with E-state index in [1.54, 1.807) is 0 Å². The zero-order chi connectivity index (χ0) is 38.0. The number of carbonyl (C=O) groups is 2. The molecule has 2 aromatic carbocycles. The summed E-state index contributed by atoms with van der Waals surface area (Å²) in [6.07, 6.45) is 4.59. The molecule has 2 aromatic rings. The van der Waals surface area contributed by atoms with E-state index in [-0.39, 0.29) is 46.2 Å². The lowest BCUT2D eigenvalue weighted by molar-refractivity contribution is -0.161. The average Bonchev–Trinajstić information content (AvgIpc) is 2.93. The molecule has 2 N–H and O–H groups in total. The first-order chi connectivity index (χ1) is 22.8. The zero-order valence-electron chi connectivity index (χ0n) is 34.0. The van der Waals surface area contributed by atoms with Gasteiger partial charge in [-0.25, -0.2) is 0 Å². The summed E-state index contributed by atoms with van der Waals surface area (Å²) in [5, 5.41) is 22.0. The summed E-state index contributed by atoms with van der Waals surface area (Å²) in [5.74, 6) is 1.57. The van der Waals surface area contributed by atoms with Gasteiger partial charge in [-0.3, -0.25) is 14.5 Å². The van der Waals surface area contributed by atoms with Gasteiger partial charge in [-0.1, -0.05) is 93.5 Å². The summed E-state index contributed by atoms with van der Waals surface area (Å²) in [7, 11) is 0. The number of likely N-dealkylation sites (tertiary alicyclic amines) is 1. The quantitative estimate of drug-likeness (QED) is 0.204. The van der Waals surface area contributed by atoms with Crippen molar-refractivity contribution in [2.24, 2.45) is 11.8 Å². The molecule has 0 aromatic heterocycles. The van der Waals surface area contributed by atoms with E-state index in [9.17, 15) is 19.8 Å². The maximum absolute atomic E-state index is 13.5. The summed E-state index contributed by atoms with van der Waals surface area (Å²) in [6.45, 7) is 30.2. The van der Waals surface area contributed by atoms with Crippen molar-refractivity contribution in [2.75, 3.05) is 6.54 Å². The van der Waals surface area contributed by atoms with Gasteiger partial charge in [-0.05, 0) is 109 Å². The molecule has 0 aliphatic carbocycles. The standard InChI is InChI=1S/C44H69NO5/c1-28(2)19-32-21-30(23-36(39(32)48)41(5,6)7)15-17-34(46)27-45-43(11,12)25-35(26-44(45,13)14)50-38(47)18-16-31-22-33(20-29(3)4)40(49)37(24-31)42(8,9)10/h21-24,28-29,35,48-49H,15-20,25-27H2,1-14H3. The molecule has 280 valence electrons. The Morgan fingerprint density at radius 1 is 0.740 bits per heavy atom. The Balaban J connectivity index is 1.65. The molecule has 0 radical (unpaired) electrons. The number of benzene rings is 2. The Bertz CT molecular complexity index is 1480. The van der Waals surface area contributed by atoms with Gasteiger partial charge in [0, 0.05) is 36.8 Å². The second-order valence-corrected chi connectivity index (χ2v) is 19.3. The highest BCUT2D eigenvalue weighted by Crippen LogP contribution is 2.41. The number of ketones is 1. The highest BCUT2D eigenvalue weighted by Gasteiger charge is 2.47. The van der Waals surface area contributed by atoms with Gasteiger partial charge in [0.2, 0.25) is 0 Å². The normalized spacial score (nSPS) is 17.0. The highest BCUT2D eigenvalue weighted by atomic mass is 16.5. The molecule has 0 spiro atoms. The van der Waals surface area contributed by atoms with Crippen LogP contribution in [0.4, 0.5) is 0 Å². The van der Waals surface area contributed by atoms with Crippen molar-refractivity contribution in [2.45, 2.75) is 176 Å². The van der Waals surface area contributed by atoms with Crippen molar-refractivity contribution in [3.05, 3.63) is 57.6 Å². The van der Waals surface area contributed by atoms with Gasteiger partial charge in [0.15, 0.2) is 0 Å². The fourth-order valence-electron chi connectivity index (χ4n) is 7.91. The summed E-state index contributed by atoms with van der Waals surface area (Å²) >= 11 is 0. The number of hydrogen-bond donors (Lipinski definition) is 2. The lowest BCUT2D eigenvalue weighted by Gasteiger charge is -2.54. The fraction of sp³-hybridized carbons (Fsp3) is 0.682. The van der Waals surface area contributed by atoms with E-state index in [1.165, 1.54) is 0 Å². The third kappa shape index (κ3) is 11.1. The van der Waals surface area contributed by atoms with Crippen LogP contribution in [0.5, 0.6) is 11.5 Å². The predicted molar refractivity (Wildman–Crippen MR) is 206 cm³/mol. The van der Waals surface area contributed by atoms with Gasteiger partial charge in [0.05, 0.1) is 6.54 Å². The molecule has 0 atom stereocenters. The van der Waals surface area contributed by atoms with Gasteiger partial charge < -0.3 is 14.9 Å². The minimum absolute atomic E-state index is 0.192. The van der Waals surface area contributed by atoms with Crippen molar-refractivity contribution in [3.63, 3.8) is 0 Å². The minimum Gasteiger partial charge on any atom is -0.507 e. The first kappa shape index (κ1) is 41.6. The maximum atomic E-state index is 13.5. The zero-order valence-corrected chi connectivity index (χ0v) is 34.0. The lowest BCUT2D eigenvalue weighted by atomic mass is 9.77. The Labute approximate surface area is 304 Å². The third-order valence-corrected chi connectivity index (χ3v) is 10.2. The van der Waals surface area contributed by atoms with E-state index < -0.39 is 0 Å². The van der Waals surface area contributed by atoms with Crippen molar-refractivity contribution in [1.82, 2.24) is 4.90 Å². The van der Waals surface area contributed by atoms with Crippen LogP contribution in [0.2, 0.25) is 0 Å². The summed E-state index contributed by atoms with van der Waals surface area (Å²) in [4.78, 5) is 29.1. The molecule has 0 bridgehead atoms. The molecule has 1 aliphatic rings. The summed E-state index contributed by atoms with van der Waals surface area (Å²) in [5.41, 5.74) is 4.81. The van der Waals surface area contributed by atoms with Crippen molar-refractivity contribution in [3.8, 4) is 11.5 Å². The number of phenols is 2. The van der Waals surface area contributed by atoms with E-state index in [0.717, 1.165) is 46.2 Å². The van der Waals surface area contributed by atoms with E-state index in [0.29, 0.717) is 62.0 Å². The fourth-order valence-corrected chi connectivity index (χ4v) is 7.91. The molecule has 3 rings (SSSR count). The number of rotatable bonds is 13. The number of piperidine rings is 1. The lowest BCUT2D eigenvalue weighted by Crippen LogP contribution is -2.63. The van der Waals surface area contributed by atoms with Crippen molar-refractivity contribution >= 4 is 11.8 Å². The Hall–Kier alpha value is -2.86. The second-order valence-electron chi connectivity index (χ2n) is 19.3. The van der Waals surface area contributed by atoms with E-state index in [2.05, 4.69) is 120 Å². The number of hydrogen-bond acceptors (Lipinski definition) is 6. The molecule has 50 heavy (non-hydrogen) atoms. The molecule has 6 heteroatoms. The van der Waals surface area contributed by atoms with Crippen molar-refractivity contribution in [1.29, 1.82) is 0 Å². The first-order valence-electron chi connectivity index (χ1n) is 19.0. The maximum Gasteiger partial charge on any atom is 0.306 e. The molecule has 0 saturated carbocycles. The molecule has 0 unspecified atom stereocenters. The SMILES string of the molecule is CC(C)Cc1cc(CCC(=O)CN2C(C)(C)CC(OC(=O)CCc3cc(CC(C)C)c(O)c(C(C)(C)C)c3)CC2(C)C)cc(C(C)(C)C)c1O. The molecular formula is C44H69NO5. The van der Waals surface area contributed by atoms with E-state index in [4.69, 9.17) is 4.74 Å². The smallest absolute Gasteiger partial charge is 0.306 e. The van der Waals surface area contributed by atoms with Crippen LogP contribution < -0.4 is 0 Å². The molecule has 1 aliphatic heterocycles. The number of aryl methyl sites for hydroxylation is 2. The van der Waals surface area contributed by atoms with Gasteiger partial charge >= 0.3 is 5.97 Å². The van der Waals surface area contributed by atoms with Crippen LogP contribution in [0, 0.1) is 11.8 Å². The minimum atomic E-state index is -0.338. The van der Waals surface area contributed by atoms with Crippen LogP contribution in [0.1, 0.15) is 156 Å². The topological polar surface area (TPSA) is 87.1 Å². The third-order valence-electron chi connectivity index (χ3n) is 10.2. The predicted octanol–water partition coefficient (Wildman–Crippen LogP) is 9.79. The largest absolute Gasteiger partial charge is 0.507 e. The Morgan fingerprint density at radius 2 is 1.14 bits per heavy atom. The van der Waals surface area contributed by atoms with Crippen LogP contribution in [-0.2, 0) is 50.8 Å². The van der Waals surface area contributed by atoms with Crippen LogP contribution in [0.3, 0.4) is 0 Å². The van der Waals surface area contributed by atoms with Gasteiger partial charge in [-0.15, -0.1) is 0 Å².